The summed E-state index contributed by atoms with van der Waals surface area (Å²) in [4.78, 5) is 15.3. The number of hydrogen-bond donors (Lipinski definition) is 2. The number of amides is 1. The van der Waals surface area contributed by atoms with Crippen molar-refractivity contribution in [2.75, 3.05) is 0 Å². The number of rotatable bonds is 3. The van der Waals surface area contributed by atoms with Crippen molar-refractivity contribution in [1.82, 2.24) is 20.5 Å². The van der Waals surface area contributed by atoms with E-state index in [2.05, 4.69) is 20.5 Å². The van der Waals surface area contributed by atoms with E-state index in [1.54, 1.807) is 18.4 Å². The molecule has 2 aromatic heterocycles. The van der Waals surface area contributed by atoms with E-state index in [0.29, 0.717) is 5.76 Å². The summed E-state index contributed by atoms with van der Waals surface area (Å²) in [6, 6.07) is 3.37. The molecule has 0 fully saturated rings. The highest BCUT2D eigenvalue weighted by Gasteiger charge is 2.14. The predicted octanol–water partition coefficient (Wildman–Crippen LogP) is 0.889. The molecule has 0 saturated carbocycles. The van der Waals surface area contributed by atoms with Gasteiger partial charge in [0.1, 0.15) is 12.1 Å². The molecule has 1 amide bonds. The predicted molar refractivity (Wildman–Crippen MR) is 51.0 cm³/mol. The Hall–Kier alpha value is -2.11. The number of nitrogens with zero attached hydrogens (tertiary/aromatic N) is 2. The Balaban J connectivity index is 2.01. The quantitative estimate of drug-likeness (QED) is 0.781. The fraction of sp³-hybridized carbons (Fsp3) is 0.222. The normalized spacial score (nSPS) is 12.3. The second-order valence-electron chi connectivity index (χ2n) is 3.04. The molecule has 0 aliphatic rings. The lowest BCUT2D eigenvalue weighted by Crippen LogP contribution is -2.27. The van der Waals surface area contributed by atoms with Crippen molar-refractivity contribution in [3.8, 4) is 0 Å². The molecule has 1 atom stereocenters. The summed E-state index contributed by atoms with van der Waals surface area (Å²) >= 11 is 0. The molecule has 6 nitrogen and oxygen atoms in total. The number of furan rings is 1. The van der Waals surface area contributed by atoms with Gasteiger partial charge < -0.3 is 9.73 Å². The molecule has 6 heteroatoms. The highest BCUT2D eigenvalue weighted by Crippen LogP contribution is 2.12. The molecule has 1 unspecified atom stereocenters. The van der Waals surface area contributed by atoms with Crippen molar-refractivity contribution in [2.45, 2.75) is 13.0 Å². The van der Waals surface area contributed by atoms with Gasteiger partial charge in [-0.25, -0.2) is 4.98 Å². The van der Waals surface area contributed by atoms with Crippen LogP contribution in [0.5, 0.6) is 0 Å². The fourth-order valence-electron chi connectivity index (χ4n) is 1.19. The average Bonchev–Trinajstić information content (AvgIpc) is 2.91. The topological polar surface area (TPSA) is 83.8 Å². The zero-order valence-electron chi connectivity index (χ0n) is 8.10. The van der Waals surface area contributed by atoms with E-state index in [1.165, 1.54) is 6.33 Å². The molecule has 2 rings (SSSR count). The van der Waals surface area contributed by atoms with Gasteiger partial charge in [-0.05, 0) is 19.1 Å². The molecular weight excluding hydrogens is 196 g/mol. The highest BCUT2D eigenvalue weighted by molar-refractivity contribution is 5.90. The Bertz CT molecular complexity index is 421. The van der Waals surface area contributed by atoms with Crippen LogP contribution in [0.15, 0.2) is 29.1 Å². The smallest absolute Gasteiger partial charge is 0.289 e. The van der Waals surface area contributed by atoms with E-state index < -0.39 is 0 Å². The maximum Gasteiger partial charge on any atom is 0.289 e. The highest BCUT2D eigenvalue weighted by atomic mass is 16.3. The van der Waals surface area contributed by atoms with Gasteiger partial charge in [0.05, 0.1) is 12.3 Å². The van der Waals surface area contributed by atoms with Crippen LogP contribution in [0.3, 0.4) is 0 Å². The molecule has 2 heterocycles. The van der Waals surface area contributed by atoms with Crippen LogP contribution >= 0.6 is 0 Å². The van der Waals surface area contributed by atoms with E-state index in [1.807, 2.05) is 6.92 Å². The summed E-state index contributed by atoms with van der Waals surface area (Å²) in [6.45, 7) is 1.83. The summed E-state index contributed by atoms with van der Waals surface area (Å²) in [6.07, 6.45) is 2.85. The first kappa shape index (κ1) is 9.45. The van der Waals surface area contributed by atoms with Gasteiger partial charge in [-0.15, -0.1) is 0 Å². The van der Waals surface area contributed by atoms with E-state index >= 15 is 0 Å². The van der Waals surface area contributed by atoms with Crippen molar-refractivity contribution in [3.63, 3.8) is 0 Å². The molecule has 0 aliphatic heterocycles. The molecule has 0 saturated heterocycles. The van der Waals surface area contributed by atoms with Crippen LogP contribution in [0.2, 0.25) is 0 Å². The molecule has 0 bridgehead atoms. The zero-order valence-corrected chi connectivity index (χ0v) is 8.10. The van der Waals surface area contributed by atoms with E-state index in [4.69, 9.17) is 4.42 Å². The Morgan fingerprint density at radius 1 is 1.67 bits per heavy atom. The first-order valence-electron chi connectivity index (χ1n) is 4.47. The number of carbonyl (C=O) groups excluding carboxylic acids is 1. The maximum absolute atomic E-state index is 11.5. The second-order valence-corrected chi connectivity index (χ2v) is 3.04. The van der Waals surface area contributed by atoms with E-state index in [0.717, 1.165) is 0 Å². The number of carbonyl (C=O) groups is 1. The van der Waals surface area contributed by atoms with Crippen LogP contribution in [0.1, 0.15) is 29.3 Å². The Morgan fingerprint density at radius 2 is 2.53 bits per heavy atom. The molecule has 0 aromatic carbocycles. The molecule has 2 aromatic rings. The van der Waals surface area contributed by atoms with E-state index in [9.17, 15) is 4.79 Å². The van der Waals surface area contributed by atoms with Crippen LogP contribution < -0.4 is 5.32 Å². The third-order valence-electron chi connectivity index (χ3n) is 1.95. The Labute approximate surface area is 85.7 Å². The molecule has 78 valence electrons. The Kier molecular flexibility index (Phi) is 2.49. The molecule has 0 spiro atoms. The second kappa shape index (κ2) is 3.95. The summed E-state index contributed by atoms with van der Waals surface area (Å²) in [5.74, 6) is 0.577. The lowest BCUT2D eigenvalue weighted by atomic mass is 10.2. The lowest BCUT2D eigenvalue weighted by molar-refractivity contribution is 0.0925. The average molecular weight is 206 g/mol. The van der Waals surface area contributed by atoms with Gasteiger partial charge in [0.2, 0.25) is 5.82 Å². The minimum Gasteiger partial charge on any atom is -0.467 e. The van der Waals surface area contributed by atoms with Crippen LogP contribution in [-0.2, 0) is 0 Å². The van der Waals surface area contributed by atoms with Crippen LogP contribution in [0.4, 0.5) is 0 Å². The van der Waals surface area contributed by atoms with Crippen LogP contribution in [0.25, 0.3) is 0 Å². The van der Waals surface area contributed by atoms with Gasteiger partial charge in [0.15, 0.2) is 0 Å². The number of H-pyrrole nitrogens is 1. The van der Waals surface area contributed by atoms with Gasteiger partial charge >= 0.3 is 0 Å². The largest absolute Gasteiger partial charge is 0.467 e. The zero-order chi connectivity index (χ0) is 10.7. The Morgan fingerprint density at radius 3 is 3.13 bits per heavy atom. The molecule has 2 N–H and O–H groups in total. The molecule has 15 heavy (non-hydrogen) atoms. The summed E-state index contributed by atoms with van der Waals surface area (Å²) in [7, 11) is 0. The van der Waals surface area contributed by atoms with Gasteiger partial charge in [-0.1, -0.05) is 0 Å². The molecule has 0 radical (unpaired) electrons. The van der Waals surface area contributed by atoms with Crippen LogP contribution in [-0.4, -0.2) is 21.1 Å². The number of hydrogen-bond acceptors (Lipinski definition) is 4. The monoisotopic (exact) mass is 206 g/mol. The summed E-state index contributed by atoms with van der Waals surface area (Å²) in [5.41, 5.74) is 0. The third kappa shape index (κ3) is 2.04. The summed E-state index contributed by atoms with van der Waals surface area (Å²) < 4.78 is 5.15. The van der Waals surface area contributed by atoms with Crippen molar-refractivity contribution in [3.05, 3.63) is 36.3 Å². The van der Waals surface area contributed by atoms with Gasteiger partial charge in [0.25, 0.3) is 5.91 Å². The van der Waals surface area contributed by atoms with Crippen LogP contribution in [0, 0.1) is 0 Å². The fourth-order valence-corrected chi connectivity index (χ4v) is 1.19. The summed E-state index contributed by atoms with van der Waals surface area (Å²) in [5, 5.41) is 8.79. The first-order chi connectivity index (χ1) is 7.27. The standard InChI is InChI=1S/C9H10N4O2/c1-6(7-3-2-4-15-7)12-9(14)8-10-5-11-13-8/h2-6H,1H3,(H,12,14)(H,10,11,13). The number of aromatic amines is 1. The number of nitrogens with one attached hydrogen (secondary N) is 2. The van der Waals surface area contributed by atoms with Gasteiger partial charge in [-0.3, -0.25) is 9.89 Å². The SMILES string of the molecule is CC(NC(=O)c1ncn[nH]1)c1ccco1. The number of aromatic nitrogens is 3. The minimum absolute atomic E-state index is 0.188. The minimum atomic E-state index is -0.309. The van der Waals surface area contributed by atoms with Crippen molar-refractivity contribution in [1.29, 1.82) is 0 Å². The van der Waals surface area contributed by atoms with Gasteiger partial charge in [0, 0.05) is 0 Å². The third-order valence-corrected chi connectivity index (χ3v) is 1.95. The first-order valence-corrected chi connectivity index (χ1v) is 4.47. The molecule has 0 aliphatic carbocycles. The lowest BCUT2D eigenvalue weighted by Gasteiger charge is -2.09. The van der Waals surface area contributed by atoms with E-state index in [-0.39, 0.29) is 17.8 Å². The van der Waals surface area contributed by atoms with Crippen molar-refractivity contribution >= 4 is 5.91 Å². The van der Waals surface area contributed by atoms with Crippen molar-refractivity contribution in [2.24, 2.45) is 0 Å². The van der Waals surface area contributed by atoms with Gasteiger partial charge in [-0.2, -0.15) is 5.10 Å². The van der Waals surface area contributed by atoms with Crippen molar-refractivity contribution < 1.29 is 9.21 Å². The molecular formula is C9H10N4O2. The maximum atomic E-state index is 11.5.